The van der Waals surface area contributed by atoms with E-state index in [1.165, 1.54) is 0 Å². The Balaban J connectivity index is 1.73. The minimum Gasteiger partial charge on any atom is -0.308 e. The number of benzene rings is 1. The van der Waals surface area contributed by atoms with Crippen LogP contribution in [0, 0.1) is 0 Å². The molecule has 0 aliphatic rings. The summed E-state index contributed by atoms with van der Waals surface area (Å²) in [6.07, 6.45) is 1.59. The Bertz CT molecular complexity index is 691. The molecule has 0 saturated carbocycles. The third kappa shape index (κ3) is 2.70. The number of thiophene rings is 1. The second kappa shape index (κ2) is 5.58. The molecule has 100 valence electrons. The average molecular weight is 284 g/mol. The van der Waals surface area contributed by atoms with E-state index in [1.54, 1.807) is 17.5 Å². The van der Waals surface area contributed by atoms with E-state index < -0.39 is 0 Å². The molecule has 0 unspecified atom stereocenters. The van der Waals surface area contributed by atoms with Crippen molar-refractivity contribution in [3.63, 3.8) is 0 Å². The van der Waals surface area contributed by atoms with Gasteiger partial charge in [0.25, 0.3) is 0 Å². The maximum atomic E-state index is 11.9. The zero-order valence-electron chi connectivity index (χ0n) is 10.5. The monoisotopic (exact) mass is 284 g/mol. The predicted molar refractivity (Wildman–Crippen MR) is 81.0 cm³/mol. The molecule has 1 aromatic carbocycles. The highest BCUT2D eigenvalue weighted by molar-refractivity contribution is 7.08. The lowest BCUT2D eigenvalue weighted by atomic mass is 10.2. The molecule has 2 aromatic heterocycles. The zero-order valence-corrected chi connectivity index (χ0v) is 11.3. The van der Waals surface area contributed by atoms with Crippen LogP contribution in [0.4, 0.5) is 16.2 Å². The number of rotatable bonds is 3. The average Bonchev–Trinajstić information content (AvgIpc) is 3.10. The molecule has 3 aromatic rings. The molecule has 2 heterocycles. The van der Waals surface area contributed by atoms with Gasteiger partial charge in [0.1, 0.15) is 0 Å². The largest absolute Gasteiger partial charge is 0.323 e. The first-order valence-corrected chi connectivity index (χ1v) is 6.96. The van der Waals surface area contributed by atoms with Crippen LogP contribution >= 0.6 is 11.3 Å². The summed E-state index contributed by atoms with van der Waals surface area (Å²) in [6, 6.07) is 11.0. The molecule has 0 saturated heterocycles. The SMILES string of the molecule is O=C(Nc1ccccc1)Nc1cn[nH]c1-c1ccsc1. The van der Waals surface area contributed by atoms with Gasteiger partial charge in [0.05, 0.1) is 17.6 Å². The number of hydrogen-bond donors (Lipinski definition) is 3. The Morgan fingerprint density at radius 2 is 2.00 bits per heavy atom. The van der Waals surface area contributed by atoms with Gasteiger partial charge < -0.3 is 10.6 Å². The van der Waals surface area contributed by atoms with Gasteiger partial charge in [-0.3, -0.25) is 5.10 Å². The Morgan fingerprint density at radius 1 is 1.15 bits per heavy atom. The van der Waals surface area contributed by atoms with Crippen molar-refractivity contribution in [3.05, 3.63) is 53.4 Å². The molecule has 0 aliphatic heterocycles. The Labute approximate surface area is 119 Å². The highest BCUT2D eigenvalue weighted by atomic mass is 32.1. The summed E-state index contributed by atoms with van der Waals surface area (Å²) < 4.78 is 0. The molecule has 0 fully saturated rings. The molecule has 6 heteroatoms. The second-order valence-corrected chi connectivity index (χ2v) is 4.90. The van der Waals surface area contributed by atoms with Gasteiger partial charge >= 0.3 is 6.03 Å². The van der Waals surface area contributed by atoms with Crippen LogP contribution in [0.5, 0.6) is 0 Å². The minimum atomic E-state index is -0.297. The number of nitrogens with one attached hydrogen (secondary N) is 3. The van der Waals surface area contributed by atoms with Gasteiger partial charge in [-0.2, -0.15) is 16.4 Å². The first kappa shape index (κ1) is 12.4. The van der Waals surface area contributed by atoms with Crippen molar-refractivity contribution in [1.82, 2.24) is 10.2 Å². The van der Waals surface area contributed by atoms with E-state index in [1.807, 2.05) is 47.2 Å². The predicted octanol–water partition coefficient (Wildman–Crippen LogP) is 3.78. The minimum absolute atomic E-state index is 0.297. The fourth-order valence-corrected chi connectivity index (χ4v) is 2.46. The summed E-state index contributed by atoms with van der Waals surface area (Å²) in [4.78, 5) is 11.9. The number of aromatic nitrogens is 2. The van der Waals surface area contributed by atoms with Crippen LogP contribution in [-0.4, -0.2) is 16.2 Å². The van der Waals surface area contributed by atoms with E-state index in [4.69, 9.17) is 0 Å². The zero-order chi connectivity index (χ0) is 13.8. The first-order valence-electron chi connectivity index (χ1n) is 6.02. The van der Waals surface area contributed by atoms with Gasteiger partial charge in [-0.25, -0.2) is 4.79 Å². The van der Waals surface area contributed by atoms with Crippen LogP contribution in [0.25, 0.3) is 11.3 Å². The quantitative estimate of drug-likeness (QED) is 0.685. The van der Waals surface area contributed by atoms with Gasteiger partial charge in [-0.15, -0.1) is 0 Å². The lowest BCUT2D eigenvalue weighted by Crippen LogP contribution is -2.19. The van der Waals surface area contributed by atoms with E-state index in [9.17, 15) is 4.79 Å². The van der Waals surface area contributed by atoms with Gasteiger partial charge in [-0.05, 0) is 23.6 Å². The molecular formula is C14H12N4OS. The Morgan fingerprint density at radius 3 is 2.75 bits per heavy atom. The lowest BCUT2D eigenvalue weighted by molar-refractivity contribution is 0.262. The number of anilines is 2. The molecule has 0 bridgehead atoms. The molecule has 0 atom stereocenters. The van der Waals surface area contributed by atoms with Crippen LogP contribution < -0.4 is 10.6 Å². The fourth-order valence-electron chi connectivity index (χ4n) is 1.81. The summed E-state index contributed by atoms with van der Waals surface area (Å²) in [7, 11) is 0. The van der Waals surface area contributed by atoms with Gasteiger partial charge in [0.15, 0.2) is 0 Å². The number of carbonyl (C=O) groups is 1. The van der Waals surface area contributed by atoms with Crippen molar-refractivity contribution in [2.24, 2.45) is 0 Å². The molecule has 0 aliphatic carbocycles. The molecule has 0 spiro atoms. The summed E-state index contributed by atoms with van der Waals surface area (Å²) in [5.41, 5.74) is 3.19. The van der Waals surface area contributed by atoms with E-state index in [0.717, 1.165) is 16.9 Å². The molecule has 3 N–H and O–H groups in total. The van der Waals surface area contributed by atoms with Crippen LogP contribution in [0.2, 0.25) is 0 Å². The number of hydrogen-bond acceptors (Lipinski definition) is 3. The first-order chi connectivity index (χ1) is 9.83. The molecule has 2 amide bonds. The van der Waals surface area contributed by atoms with Gasteiger partial charge in [-0.1, -0.05) is 18.2 Å². The number of aromatic amines is 1. The van der Waals surface area contributed by atoms with E-state index in [0.29, 0.717) is 5.69 Å². The molecule has 3 rings (SSSR count). The number of para-hydroxylation sites is 1. The van der Waals surface area contributed by atoms with Crippen molar-refractivity contribution in [3.8, 4) is 11.3 Å². The summed E-state index contributed by atoms with van der Waals surface area (Å²) >= 11 is 1.59. The number of amides is 2. The summed E-state index contributed by atoms with van der Waals surface area (Å²) in [5.74, 6) is 0. The number of carbonyl (C=O) groups excluding carboxylic acids is 1. The molecule has 20 heavy (non-hydrogen) atoms. The van der Waals surface area contributed by atoms with Gasteiger partial charge in [0.2, 0.25) is 0 Å². The maximum absolute atomic E-state index is 11.9. The number of nitrogens with zero attached hydrogens (tertiary/aromatic N) is 1. The highest BCUT2D eigenvalue weighted by Gasteiger charge is 2.11. The van der Waals surface area contributed by atoms with E-state index in [2.05, 4.69) is 20.8 Å². The Hall–Kier alpha value is -2.60. The molecular weight excluding hydrogens is 272 g/mol. The Kier molecular flexibility index (Phi) is 3.47. The molecule has 0 radical (unpaired) electrons. The smallest absolute Gasteiger partial charge is 0.308 e. The normalized spacial score (nSPS) is 10.2. The second-order valence-electron chi connectivity index (χ2n) is 4.12. The summed E-state index contributed by atoms with van der Waals surface area (Å²) in [6.45, 7) is 0. The van der Waals surface area contributed by atoms with Crippen LogP contribution in [0.1, 0.15) is 0 Å². The summed E-state index contributed by atoms with van der Waals surface area (Å²) in [5, 5.41) is 16.4. The van der Waals surface area contributed by atoms with Crippen molar-refractivity contribution in [1.29, 1.82) is 0 Å². The van der Waals surface area contributed by atoms with Crippen LogP contribution in [0.15, 0.2) is 53.4 Å². The van der Waals surface area contributed by atoms with Gasteiger partial charge in [0, 0.05) is 16.6 Å². The molecule has 5 nitrogen and oxygen atoms in total. The standard InChI is InChI=1S/C14H12N4OS/c19-14(16-11-4-2-1-3-5-11)17-12-8-15-18-13(12)10-6-7-20-9-10/h1-9H,(H,15,18)(H2,16,17,19). The highest BCUT2D eigenvalue weighted by Crippen LogP contribution is 2.27. The van der Waals surface area contributed by atoms with E-state index in [-0.39, 0.29) is 6.03 Å². The van der Waals surface area contributed by atoms with Crippen molar-refractivity contribution in [2.45, 2.75) is 0 Å². The lowest BCUT2D eigenvalue weighted by Gasteiger charge is -2.07. The maximum Gasteiger partial charge on any atom is 0.323 e. The topological polar surface area (TPSA) is 69.8 Å². The van der Waals surface area contributed by atoms with Crippen molar-refractivity contribution in [2.75, 3.05) is 10.6 Å². The van der Waals surface area contributed by atoms with Crippen LogP contribution in [0.3, 0.4) is 0 Å². The van der Waals surface area contributed by atoms with Crippen LogP contribution in [-0.2, 0) is 0 Å². The number of urea groups is 1. The third-order valence-electron chi connectivity index (χ3n) is 2.73. The third-order valence-corrected chi connectivity index (χ3v) is 3.41. The van der Waals surface area contributed by atoms with E-state index >= 15 is 0 Å². The van der Waals surface area contributed by atoms with Crippen molar-refractivity contribution < 1.29 is 4.79 Å². The number of H-pyrrole nitrogens is 1. The van der Waals surface area contributed by atoms with Crippen molar-refractivity contribution >= 4 is 28.7 Å². The fraction of sp³-hybridized carbons (Fsp3) is 0.